The van der Waals surface area contributed by atoms with Gasteiger partial charge in [-0.1, -0.05) is 6.92 Å². The van der Waals surface area contributed by atoms with Crippen molar-refractivity contribution in [2.45, 2.75) is 25.8 Å². The Morgan fingerprint density at radius 3 is 2.48 bits per heavy atom. The molecule has 0 aliphatic carbocycles. The van der Waals surface area contributed by atoms with Crippen molar-refractivity contribution >= 4 is 17.6 Å². The fraction of sp³-hybridized carbons (Fsp3) is 0.636. The number of amides is 3. The standard InChI is InChI=1S/C22H35N5O4/c1-4-25-10-12-26(13-11-25)9-5-8-23-22(29)24-17-14-21(28)27(16-17)18-6-7-19(30-2)20(15-18)31-3/h6-7,15,17H,4-5,8-14,16H2,1-3H3,(H2,23,24,29)/t17-/m1/s1. The van der Waals surface area contributed by atoms with Gasteiger partial charge < -0.3 is 34.8 Å². The summed E-state index contributed by atoms with van der Waals surface area (Å²) in [6, 6.07) is 4.93. The van der Waals surface area contributed by atoms with Crippen LogP contribution < -0.4 is 25.0 Å². The smallest absolute Gasteiger partial charge is 0.315 e. The van der Waals surface area contributed by atoms with E-state index < -0.39 is 0 Å². The van der Waals surface area contributed by atoms with Crippen LogP contribution in [0.1, 0.15) is 19.8 Å². The van der Waals surface area contributed by atoms with E-state index in [9.17, 15) is 9.59 Å². The number of ether oxygens (including phenoxy) is 2. The lowest BCUT2D eigenvalue weighted by Gasteiger charge is -2.33. The number of anilines is 1. The fourth-order valence-electron chi connectivity index (χ4n) is 4.12. The molecule has 0 bridgehead atoms. The molecule has 9 heteroatoms. The summed E-state index contributed by atoms with van der Waals surface area (Å²) in [7, 11) is 3.14. The Bertz CT molecular complexity index is 751. The molecule has 3 amide bonds. The number of hydrogen-bond acceptors (Lipinski definition) is 6. The number of likely N-dealkylation sites (N-methyl/N-ethyl adjacent to an activating group) is 1. The third-order valence-corrected chi connectivity index (χ3v) is 5.99. The van der Waals surface area contributed by atoms with Gasteiger partial charge in [-0.15, -0.1) is 0 Å². The van der Waals surface area contributed by atoms with E-state index in [4.69, 9.17) is 9.47 Å². The highest BCUT2D eigenvalue weighted by Crippen LogP contribution is 2.33. The van der Waals surface area contributed by atoms with Gasteiger partial charge in [0.25, 0.3) is 0 Å². The van der Waals surface area contributed by atoms with Gasteiger partial charge in [-0.25, -0.2) is 4.79 Å². The molecule has 172 valence electrons. The van der Waals surface area contributed by atoms with E-state index >= 15 is 0 Å². The minimum Gasteiger partial charge on any atom is -0.493 e. The van der Waals surface area contributed by atoms with Crippen LogP contribution >= 0.6 is 0 Å². The van der Waals surface area contributed by atoms with Gasteiger partial charge in [-0.3, -0.25) is 4.79 Å². The molecule has 31 heavy (non-hydrogen) atoms. The van der Waals surface area contributed by atoms with Crippen LogP contribution in [0.5, 0.6) is 11.5 Å². The molecule has 3 rings (SSSR count). The Balaban J connectivity index is 1.39. The number of methoxy groups -OCH3 is 2. The molecule has 0 spiro atoms. The van der Waals surface area contributed by atoms with Crippen LogP contribution in [0, 0.1) is 0 Å². The zero-order chi connectivity index (χ0) is 22.2. The first-order valence-corrected chi connectivity index (χ1v) is 11.1. The number of carbonyl (C=O) groups excluding carboxylic acids is 2. The molecule has 0 unspecified atom stereocenters. The van der Waals surface area contributed by atoms with Crippen LogP contribution in [0.15, 0.2) is 18.2 Å². The Kier molecular flexibility index (Phi) is 8.36. The maximum atomic E-state index is 12.5. The summed E-state index contributed by atoms with van der Waals surface area (Å²) in [5.41, 5.74) is 0.732. The van der Waals surface area contributed by atoms with Crippen molar-refractivity contribution < 1.29 is 19.1 Å². The van der Waals surface area contributed by atoms with Gasteiger partial charge in [0.15, 0.2) is 11.5 Å². The van der Waals surface area contributed by atoms with Crippen LogP contribution in [0.25, 0.3) is 0 Å². The van der Waals surface area contributed by atoms with Crippen molar-refractivity contribution in [3.63, 3.8) is 0 Å². The Morgan fingerprint density at radius 2 is 1.81 bits per heavy atom. The number of nitrogens with one attached hydrogen (secondary N) is 2. The molecule has 2 fully saturated rings. The first-order chi connectivity index (χ1) is 15.0. The van der Waals surface area contributed by atoms with E-state index in [0.29, 0.717) is 24.6 Å². The second kappa shape index (κ2) is 11.2. The van der Waals surface area contributed by atoms with E-state index in [1.54, 1.807) is 31.3 Å². The summed E-state index contributed by atoms with van der Waals surface area (Å²) >= 11 is 0. The first-order valence-electron chi connectivity index (χ1n) is 11.1. The Labute approximate surface area is 184 Å². The molecule has 1 atom stereocenters. The molecule has 0 aromatic heterocycles. The van der Waals surface area contributed by atoms with Crippen LogP contribution in [0.2, 0.25) is 0 Å². The molecule has 1 aromatic carbocycles. The molecule has 0 radical (unpaired) electrons. The number of hydrogen-bond donors (Lipinski definition) is 2. The number of piperazine rings is 1. The summed E-state index contributed by atoms with van der Waals surface area (Å²) in [5, 5.41) is 5.84. The van der Waals surface area contributed by atoms with Gasteiger partial charge in [0.05, 0.1) is 20.3 Å². The van der Waals surface area contributed by atoms with Gasteiger partial charge in [0.1, 0.15) is 0 Å². The van der Waals surface area contributed by atoms with Crippen LogP contribution in [0.3, 0.4) is 0 Å². The van der Waals surface area contributed by atoms with Crippen LogP contribution in [0.4, 0.5) is 10.5 Å². The molecular weight excluding hydrogens is 398 g/mol. The molecule has 2 aliphatic rings. The summed E-state index contributed by atoms with van der Waals surface area (Å²) in [5.74, 6) is 1.15. The van der Waals surface area contributed by atoms with Gasteiger partial charge >= 0.3 is 6.03 Å². The molecule has 2 heterocycles. The number of urea groups is 1. The van der Waals surface area contributed by atoms with Gasteiger partial charge in [0, 0.05) is 57.4 Å². The largest absolute Gasteiger partial charge is 0.493 e. The van der Waals surface area contributed by atoms with Gasteiger partial charge in [-0.05, 0) is 31.6 Å². The lowest BCUT2D eigenvalue weighted by Crippen LogP contribution is -2.47. The van der Waals surface area contributed by atoms with E-state index in [1.807, 2.05) is 6.07 Å². The summed E-state index contributed by atoms with van der Waals surface area (Å²) in [6.07, 6.45) is 1.20. The maximum absolute atomic E-state index is 12.5. The molecular formula is C22H35N5O4. The molecule has 2 saturated heterocycles. The highest BCUT2D eigenvalue weighted by molar-refractivity contribution is 5.97. The summed E-state index contributed by atoms with van der Waals surface area (Å²) in [4.78, 5) is 31.3. The number of benzene rings is 1. The van der Waals surface area contributed by atoms with Gasteiger partial charge in [0.2, 0.25) is 5.91 Å². The summed E-state index contributed by atoms with van der Waals surface area (Å²) < 4.78 is 10.6. The monoisotopic (exact) mass is 433 g/mol. The Hall–Kier alpha value is -2.52. The minimum atomic E-state index is -0.220. The maximum Gasteiger partial charge on any atom is 0.315 e. The first kappa shape index (κ1) is 23.1. The topological polar surface area (TPSA) is 86.4 Å². The normalized spacial score (nSPS) is 20.0. The van der Waals surface area contributed by atoms with E-state index in [0.717, 1.165) is 51.4 Å². The SMILES string of the molecule is CCN1CCN(CCCNC(=O)N[C@@H]2CC(=O)N(c3ccc(OC)c(OC)c3)C2)CC1. The highest BCUT2D eigenvalue weighted by atomic mass is 16.5. The quantitative estimate of drug-likeness (QED) is 0.568. The molecule has 9 nitrogen and oxygen atoms in total. The molecule has 0 saturated carbocycles. The van der Waals surface area contributed by atoms with Crippen molar-refractivity contribution in [1.29, 1.82) is 0 Å². The number of carbonyl (C=O) groups is 2. The molecule has 1 aromatic rings. The van der Waals surface area contributed by atoms with Crippen molar-refractivity contribution in [1.82, 2.24) is 20.4 Å². The van der Waals surface area contributed by atoms with Crippen molar-refractivity contribution in [2.75, 3.05) is 71.5 Å². The molecule has 2 N–H and O–H groups in total. The minimum absolute atomic E-state index is 0.0243. The second-order valence-corrected chi connectivity index (χ2v) is 7.97. The van der Waals surface area contributed by atoms with Crippen molar-refractivity contribution in [3.8, 4) is 11.5 Å². The predicted octanol–water partition coefficient (Wildman–Crippen LogP) is 1.14. The van der Waals surface area contributed by atoms with Crippen LogP contribution in [-0.2, 0) is 4.79 Å². The van der Waals surface area contributed by atoms with E-state index in [1.165, 1.54) is 0 Å². The Morgan fingerprint density at radius 1 is 1.10 bits per heavy atom. The van der Waals surface area contributed by atoms with Crippen LogP contribution in [-0.4, -0.2) is 94.4 Å². The average Bonchev–Trinajstić information content (AvgIpc) is 3.16. The van der Waals surface area contributed by atoms with E-state index in [2.05, 4.69) is 27.4 Å². The van der Waals surface area contributed by atoms with Crippen molar-refractivity contribution in [3.05, 3.63) is 18.2 Å². The third-order valence-electron chi connectivity index (χ3n) is 5.99. The molecule has 2 aliphatic heterocycles. The second-order valence-electron chi connectivity index (χ2n) is 7.97. The third kappa shape index (κ3) is 6.24. The van der Waals surface area contributed by atoms with Crippen molar-refractivity contribution in [2.24, 2.45) is 0 Å². The zero-order valence-corrected chi connectivity index (χ0v) is 18.9. The summed E-state index contributed by atoms with van der Waals surface area (Å²) in [6.45, 7) is 9.79. The predicted molar refractivity (Wildman–Crippen MR) is 120 cm³/mol. The zero-order valence-electron chi connectivity index (χ0n) is 18.9. The lowest BCUT2D eigenvalue weighted by atomic mass is 10.2. The average molecular weight is 434 g/mol. The number of nitrogens with zero attached hydrogens (tertiary/aromatic N) is 3. The highest BCUT2D eigenvalue weighted by Gasteiger charge is 2.32. The lowest BCUT2D eigenvalue weighted by molar-refractivity contribution is -0.117. The fourth-order valence-corrected chi connectivity index (χ4v) is 4.12. The van der Waals surface area contributed by atoms with Gasteiger partial charge in [-0.2, -0.15) is 0 Å². The number of rotatable bonds is 9. The van der Waals surface area contributed by atoms with E-state index in [-0.39, 0.29) is 24.4 Å².